The van der Waals surface area contributed by atoms with Crippen molar-refractivity contribution in [1.82, 2.24) is 4.98 Å². The molecule has 0 N–H and O–H groups in total. The number of rotatable bonds is 0. The highest BCUT2D eigenvalue weighted by molar-refractivity contribution is 9.10. The Bertz CT molecular complexity index is 462. The van der Waals surface area contributed by atoms with E-state index in [4.69, 9.17) is 11.6 Å². The Balaban J connectivity index is 2.86. The van der Waals surface area contributed by atoms with E-state index < -0.39 is 0 Å². The molecular weight excluding hydrogens is 249 g/mol. The van der Waals surface area contributed by atoms with Crippen LogP contribution in [0.25, 0.3) is 10.9 Å². The minimum atomic E-state index is 0.720. The van der Waals surface area contributed by atoms with Gasteiger partial charge in [0.2, 0.25) is 0 Å². The zero-order valence-corrected chi connectivity index (χ0v) is 9.35. The highest BCUT2D eigenvalue weighted by atomic mass is 79.9. The van der Waals surface area contributed by atoms with Crippen LogP contribution in [-0.4, -0.2) is 4.98 Å². The van der Waals surface area contributed by atoms with E-state index in [2.05, 4.69) is 20.9 Å². The van der Waals surface area contributed by atoms with Gasteiger partial charge in [-0.3, -0.25) is 4.98 Å². The minimum Gasteiger partial charge on any atom is -0.253 e. The van der Waals surface area contributed by atoms with E-state index >= 15 is 0 Å². The van der Waals surface area contributed by atoms with Crippen molar-refractivity contribution in [2.75, 3.05) is 0 Å². The topological polar surface area (TPSA) is 12.9 Å². The largest absolute Gasteiger partial charge is 0.253 e. The Morgan fingerprint density at radius 1 is 1.31 bits per heavy atom. The number of aryl methyl sites for hydroxylation is 1. The molecule has 0 spiro atoms. The van der Waals surface area contributed by atoms with E-state index in [0.29, 0.717) is 0 Å². The van der Waals surface area contributed by atoms with E-state index in [1.807, 2.05) is 31.2 Å². The third-order valence-corrected chi connectivity index (χ3v) is 2.74. The number of nitrogens with zero attached hydrogens (tertiary/aromatic N) is 1. The van der Waals surface area contributed by atoms with Gasteiger partial charge < -0.3 is 0 Å². The quantitative estimate of drug-likeness (QED) is 0.695. The summed E-state index contributed by atoms with van der Waals surface area (Å²) in [5.74, 6) is 0. The number of pyridine rings is 1. The van der Waals surface area contributed by atoms with Crippen LogP contribution in [0.4, 0.5) is 0 Å². The molecule has 0 atom stereocenters. The van der Waals surface area contributed by atoms with Crippen molar-refractivity contribution in [1.29, 1.82) is 0 Å². The molecule has 1 aromatic heterocycles. The van der Waals surface area contributed by atoms with Crippen LogP contribution < -0.4 is 0 Å². The zero-order valence-electron chi connectivity index (χ0n) is 7.01. The summed E-state index contributed by atoms with van der Waals surface area (Å²) in [7, 11) is 0. The molecule has 0 unspecified atom stereocenters. The molecule has 0 aliphatic carbocycles. The van der Waals surface area contributed by atoms with Crippen LogP contribution in [-0.2, 0) is 0 Å². The van der Waals surface area contributed by atoms with Gasteiger partial charge in [0.15, 0.2) is 0 Å². The molecule has 0 radical (unpaired) electrons. The molecule has 1 nitrogen and oxygen atoms in total. The van der Waals surface area contributed by atoms with E-state index in [1.54, 1.807) is 0 Å². The van der Waals surface area contributed by atoms with Gasteiger partial charge in [-0.05, 0) is 25.1 Å². The monoisotopic (exact) mass is 255 g/mol. The average Bonchev–Trinajstić information content (AvgIpc) is 2.02. The first-order valence-electron chi connectivity index (χ1n) is 3.89. The predicted molar refractivity (Wildman–Crippen MR) is 59.2 cm³/mol. The summed E-state index contributed by atoms with van der Waals surface area (Å²) in [6.07, 6.45) is 0. The van der Waals surface area contributed by atoms with Crippen LogP contribution in [0.2, 0.25) is 5.02 Å². The number of aromatic nitrogens is 1. The summed E-state index contributed by atoms with van der Waals surface area (Å²) in [6.45, 7) is 1.96. The second kappa shape index (κ2) is 3.28. The lowest BCUT2D eigenvalue weighted by atomic mass is 10.2. The van der Waals surface area contributed by atoms with Crippen LogP contribution in [0.3, 0.4) is 0 Å². The molecule has 0 aliphatic heterocycles. The van der Waals surface area contributed by atoms with Crippen LogP contribution in [0.15, 0.2) is 28.7 Å². The van der Waals surface area contributed by atoms with E-state index in [1.165, 1.54) is 0 Å². The normalized spacial score (nSPS) is 10.7. The molecule has 2 rings (SSSR count). The smallest absolute Gasteiger partial charge is 0.0731 e. The van der Waals surface area contributed by atoms with Crippen molar-refractivity contribution in [3.05, 3.63) is 39.5 Å². The molecule has 0 bridgehead atoms. The fraction of sp³-hybridized carbons (Fsp3) is 0.100. The second-order valence-electron chi connectivity index (χ2n) is 2.91. The molecule has 0 fully saturated rings. The van der Waals surface area contributed by atoms with Crippen molar-refractivity contribution < 1.29 is 0 Å². The summed E-state index contributed by atoms with van der Waals surface area (Å²) in [4.78, 5) is 4.38. The molecular formula is C10H7BrClN. The Labute approximate surface area is 89.9 Å². The highest BCUT2D eigenvalue weighted by Crippen LogP contribution is 2.25. The third kappa shape index (κ3) is 1.69. The SMILES string of the molecule is Cc1cc(Br)c2ccc(Cl)cc2n1. The summed E-state index contributed by atoms with van der Waals surface area (Å²) < 4.78 is 1.06. The Morgan fingerprint density at radius 3 is 2.85 bits per heavy atom. The average molecular weight is 257 g/mol. The second-order valence-corrected chi connectivity index (χ2v) is 4.20. The number of fused-ring (bicyclic) bond motifs is 1. The molecule has 0 aliphatic rings. The molecule has 2 aromatic rings. The maximum absolute atomic E-state index is 5.87. The van der Waals surface area contributed by atoms with Crippen LogP contribution >= 0.6 is 27.5 Å². The summed E-state index contributed by atoms with van der Waals surface area (Å²) in [6, 6.07) is 7.70. The third-order valence-electron chi connectivity index (χ3n) is 1.85. The fourth-order valence-corrected chi connectivity index (χ4v) is 2.12. The number of hydrogen-bond donors (Lipinski definition) is 0. The lowest BCUT2D eigenvalue weighted by Crippen LogP contribution is -1.84. The fourth-order valence-electron chi connectivity index (χ4n) is 1.28. The van der Waals surface area contributed by atoms with Gasteiger partial charge >= 0.3 is 0 Å². The molecule has 1 heterocycles. The van der Waals surface area contributed by atoms with Crippen LogP contribution in [0, 0.1) is 6.92 Å². The first-order chi connectivity index (χ1) is 6.16. The molecule has 0 saturated heterocycles. The van der Waals surface area contributed by atoms with Gasteiger partial charge in [0, 0.05) is 20.6 Å². The van der Waals surface area contributed by atoms with Gasteiger partial charge in [-0.1, -0.05) is 33.6 Å². The summed E-state index contributed by atoms with van der Waals surface area (Å²) in [5, 5.41) is 1.81. The Kier molecular flexibility index (Phi) is 2.26. The number of hydrogen-bond acceptors (Lipinski definition) is 1. The minimum absolute atomic E-state index is 0.720. The standard InChI is InChI=1S/C10H7BrClN/c1-6-4-9(11)8-3-2-7(12)5-10(8)13-6/h2-5H,1H3. The van der Waals surface area contributed by atoms with Crippen LogP contribution in [0.1, 0.15) is 5.69 Å². The predicted octanol–water partition coefficient (Wildman–Crippen LogP) is 3.96. The lowest BCUT2D eigenvalue weighted by molar-refractivity contribution is 1.25. The van der Waals surface area contributed by atoms with Crippen molar-refractivity contribution in [3.63, 3.8) is 0 Å². The van der Waals surface area contributed by atoms with Gasteiger partial charge in [0.05, 0.1) is 5.52 Å². The Morgan fingerprint density at radius 2 is 2.08 bits per heavy atom. The van der Waals surface area contributed by atoms with E-state index in [-0.39, 0.29) is 0 Å². The summed E-state index contributed by atoms with van der Waals surface area (Å²) in [5.41, 5.74) is 1.92. The van der Waals surface area contributed by atoms with Gasteiger partial charge in [-0.25, -0.2) is 0 Å². The van der Waals surface area contributed by atoms with Gasteiger partial charge in [0.25, 0.3) is 0 Å². The molecule has 1 aromatic carbocycles. The Hall–Kier alpha value is -0.600. The van der Waals surface area contributed by atoms with E-state index in [0.717, 1.165) is 26.1 Å². The molecule has 3 heteroatoms. The van der Waals surface area contributed by atoms with Gasteiger partial charge in [-0.15, -0.1) is 0 Å². The maximum Gasteiger partial charge on any atom is 0.0731 e. The number of benzene rings is 1. The first kappa shape index (κ1) is 8.97. The van der Waals surface area contributed by atoms with Crippen molar-refractivity contribution in [2.45, 2.75) is 6.92 Å². The zero-order chi connectivity index (χ0) is 9.42. The summed E-state index contributed by atoms with van der Waals surface area (Å²) >= 11 is 9.36. The number of halogens is 2. The molecule has 0 amide bonds. The van der Waals surface area contributed by atoms with Crippen LogP contribution in [0.5, 0.6) is 0 Å². The first-order valence-corrected chi connectivity index (χ1v) is 5.06. The molecule has 13 heavy (non-hydrogen) atoms. The van der Waals surface area contributed by atoms with E-state index in [9.17, 15) is 0 Å². The highest BCUT2D eigenvalue weighted by Gasteiger charge is 2.01. The molecule has 0 saturated carbocycles. The molecule has 66 valence electrons. The van der Waals surface area contributed by atoms with Crippen molar-refractivity contribution in [3.8, 4) is 0 Å². The van der Waals surface area contributed by atoms with Crippen molar-refractivity contribution in [2.24, 2.45) is 0 Å². The van der Waals surface area contributed by atoms with Gasteiger partial charge in [-0.2, -0.15) is 0 Å². The van der Waals surface area contributed by atoms with Crippen molar-refractivity contribution >= 4 is 38.4 Å². The lowest BCUT2D eigenvalue weighted by Gasteiger charge is -2.01. The maximum atomic E-state index is 5.87. The van der Waals surface area contributed by atoms with Gasteiger partial charge in [0.1, 0.15) is 0 Å².